The van der Waals surface area contributed by atoms with Crippen molar-refractivity contribution in [3.63, 3.8) is 0 Å². The highest BCUT2D eigenvalue weighted by molar-refractivity contribution is 5.89. The predicted octanol–water partition coefficient (Wildman–Crippen LogP) is -0.253. The van der Waals surface area contributed by atoms with E-state index in [9.17, 15) is 15.0 Å². The number of benzene rings is 1. The van der Waals surface area contributed by atoms with Crippen molar-refractivity contribution in [1.29, 1.82) is 0 Å². The van der Waals surface area contributed by atoms with E-state index in [1.807, 2.05) is 31.2 Å². The summed E-state index contributed by atoms with van der Waals surface area (Å²) in [6.07, 6.45) is -1.06. The Labute approximate surface area is 183 Å². The summed E-state index contributed by atoms with van der Waals surface area (Å²) < 4.78 is 7.38. The summed E-state index contributed by atoms with van der Waals surface area (Å²) in [6.45, 7) is 3.07. The van der Waals surface area contributed by atoms with Crippen molar-refractivity contribution in [2.75, 3.05) is 30.7 Å². The van der Waals surface area contributed by atoms with Gasteiger partial charge in [0.25, 0.3) is 0 Å². The molecule has 1 aliphatic heterocycles. The Balaban J connectivity index is 1.24. The number of rotatable bonds is 7. The second-order valence-corrected chi connectivity index (χ2v) is 7.58. The zero-order valence-corrected chi connectivity index (χ0v) is 17.5. The van der Waals surface area contributed by atoms with Crippen LogP contribution in [0.5, 0.6) is 0 Å². The number of fused-ring (bicyclic) bond motifs is 1. The standard InChI is InChI=1S/C20H26N8O4/c1-11-2-4-12(5-3-11)27-20(31)23-7-6-22-8-13-15(29)16(30)19(32-13)28-10-26-14-17(21)24-9-25-18(14)28/h2-5,9-10,13,15-16,19,22,29-30H,6-8H2,1H3,(H2,21,24,25)(H2,23,27,31)/t13-,15?,16?,19-/m1/s1. The van der Waals surface area contributed by atoms with Gasteiger partial charge in [0.05, 0.1) is 6.33 Å². The molecule has 3 heterocycles. The largest absolute Gasteiger partial charge is 0.387 e. The zero-order chi connectivity index (χ0) is 22.7. The summed E-state index contributed by atoms with van der Waals surface area (Å²) >= 11 is 0. The number of nitrogens with one attached hydrogen (secondary N) is 3. The van der Waals surface area contributed by atoms with Crippen molar-refractivity contribution in [1.82, 2.24) is 30.2 Å². The van der Waals surface area contributed by atoms with Crippen LogP contribution in [0.1, 0.15) is 11.8 Å². The van der Waals surface area contributed by atoms with Crippen LogP contribution in [-0.2, 0) is 4.74 Å². The Morgan fingerprint density at radius 2 is 1.94 bits per heavy atom. The number of ether oxygens (including phenoxy) is 1. The summed E-state index contributed by atoms with van der Waals surface area (Å²) in [6, 6.07) is 7.19. The first-order valence-corrected chi connectivity index (χ1v) is 10.2. The fourth-order valence-electron chi connectivity index (χ4n) is 3.50. The van der Waals surface area contributed by atoms with Crippen LogP contribution in [0.2, 0.25) is 0 Å². The molecule has 4 rings (SSSR count). The lowest BCUT2D eigenvalue weighted by Crippen LogP contribution is -2.41. The zero-order valence-electron chi connectivity index (χ0n) is 17.5. The summed E-state index contributed by atoms with van der Waals surface area (Å²) in [5, 5.41) is 29.5. The van der Waals surface area contributed by atoms with Gasteiger partial charge in [0.2, 0.25) is 0 Å². The molecule has 32 heavy (non-hydrogen) atoms. The van der Waals surface area contributed by atoms with E-state index in [0.717, 1.165) is 5.56 Å². The molecular formula is C20H26N8O4. The van der Waals surface area contributed by atoms with Crippen LogP contribution in [0.15, 0.2) is 36.9 Å². The van der Waals surface area contributed by atoms with Crippen molar-refractivity contribution in [3.05, 3.63) is 42.5 Å². The number of carbonyl (C=O) groups excluding carboxylic acids is 1. The number of nitrogen functional groups attached to an aromatic ring is 1. The van der Waals surface area contributed by atoms with E-state index in [0.29, 0.717) is 29.9 Å². The lowest BCUT2D eigenvalue weighted by molar-refractivity contribution is -0.0340. The minimum Gasteiger partial charge on any atom is -0.387 e. The van der Waals surface area contributed by atoms with Gasteiger partial charge < -0.3 is 36.6 Å². The maximum Gasteiger partial charge on any atom is 0.319 e. The first kappa shape index (κ1) is 21.9. The van der Waals surface area contributed by atoms with E-state index < -0.39 is 24.5 Å². The van der Waals surface area contributed by atoms with E-state index in [1.54, 1.807) is 0 Å². The number of imidazole rings is 1. The molecule has 2 unspecified atom stereocenters. The lowest BCUT2D eigenvalue weighted by atomic mass is 10.1. The minimum atomic E-state index is -1.17. The number of nitrogens with two attached hydrogens (primary N) is 1. The Hall–Kier alpha value is -3.32. The normalized spacial score (nSPS) is 22.8. The monoisotopic (exact) mass is 442 g/mol. The molecule has 1 saturated heterocycles. The fourth-order valence-corrected chi connectivity index (χ4v) is 3.50. The fraction of sp³-hybridized carbons (Fsp3) is 0.400. The molecule has 7 N–H and O–H groups in total. The lowest BCUT2D eigenvalue weighted by Gasteiger charge is -2.16. The first-order chi connectivity index (χ1) is 15.4. The number of anilines is 2. The second kappa shape index (κ2) is 9.44. The molecule has 1 aliphatic rings. The van der Waals surface area contributed by atoms with Gasteiger partial charge >= 0.3 is 6.03 Å². The molecule has 0 radical (unpaired) electrons. The molecule has 0 saturated carbocycles. The molecule has 1 fully saturated rings. The smallest absolute Gasteiger partial charge is 0.319 e. The number of aliphatic hydroxyl groups excluding tert-OH is 2. The third-order valence-electron chi connectivity index (χ3n) is 5.24. The summed E-state index contributed by atoms with van der Waals surface area (Å²) in [4.78, 5) is 24.1. The van der Waals surface area contributed by atoms with Crippen LogP contribution < -0.4 is 21.7 Å². The SMILES string of the molecule is Cc1ccc(NC(=O)NCCNC[C@H]2O[C@@H](n3cnc4c(N)ncnc43)C(O)C2O)cc1. The minimum absolute atomic E-state index is 0.221. The third kappa shape index (κ3) is 4.62. The molecule has 0 aliphatic carbocycles. The number of urea groups is 1. The average molecular weight is 442 g/mol. The predicted molar refractivity (Wildman–Crippen MR) is 117 cm³/mol. The van der Waals surface area contributed by atoms with E-state index in [1.165, 1.54) is 17.2 Å². The van der Waals surface area contributed by atoms with Crippen LogP contribution in [-0.4, -0.2) is 73.7 Å². The van der Waals surface area contributed by atoms with E-state index in [4.69, 9.17) is 10.5 Å². The quantitative estimate of drug-likeness (QED) is 0.270. The van der Waals surface area contributed by atoms with Gasteiger partial charge in [-0.1, -0.05) is 17.7 Å². The van der Waals surface area contributed by atoms with Crippen LogP contribution in [0.25, 0.3) is 11.2 Å². The van der Waals surface area contributed by atoms with E-state index in [-0.39, 0.29) is 18.4 Å². The molecule has 12 heteroatoms. The molecule has 0 bridgehead atoms. The number of aliphatic hydroxyl groups is 2. The topological polar surface area (TPSA) is 172 Å². The number of nitrogens with zero attached hydrogens (tertiary/aromatic N) is 4. The molecule has 1 aromatic carbocycles. The highest BCUT2D eigenvalue weighted by Gasteiger charge is 2.44. The van der Waals surface area contributed by atoms with Gasteiger partial charge in [-0.15, -0.1) is 0 Å². The van der Waals surface area contributed by atoms with Gasteiger partial charge in [-0.2, -0.15) is 0 Å². The van der Waals surface area contributed by atoms with Crippen molar-refractivity contribution < 1.29 is 19.7 Å². The average Bonchev–Trinajstić information content (AvgIpc) is 3.32. The Bertz CT molecular complexity index is 1070. The molecule has 4 atom stereocenters. The van der Waals surface area contributed by atoms with Gasteiger partial charge in [0.15, 0.2) is 17.7 Å². The number of hydrogen-bond donors (Lipinski definition) is 6. The Kier molecular flexibility index (Phi) is 6.46. The van der Waals surface area contributed by atoms with Crippen LogP contribution in [0.4, 0.5) is 16.3 Å². The van der Waals surface area contributed by atoms with E-state index >= 15 is 0 Å². The van der Waals surface area contributed by atoms with Crippen molar-refractivity contribution in [2.24, 2.45) is 0 Å². The number of aromatic nitrogens is 4. The van der Waals surface area contributed by atoms with Crippen LogP contribution in [0.3, 0.4) is 0 Å². The molecule has 12 nitrogen and oxygen atoms in total. The van der Waals surface area contributed by atoms with Crippen LogP contribution in [0, 0.1) is 6.92 Å². The Morgan fingerprint density at radius 1 is 1.16 bits per heavy atom. The molecule has 3 aromatic rings. The van der Waals surface area contributed by atoms with Crippen molar-refractivity contribution in [3.8, 4) is 0 Å². The maximum atomic E-state index is 11.9. The van der Waals surface area contributed by atoms with Gasteiger partial charge in [-0.05, 0) is 19.1 Å². The number of amides is 2. The number of carbonyl (C=O) groups is 1. The molecule has 2 aromatic heterocycles. The van der Waals surface area contributed by atoms with Gasteiger partial charge in [-0.25, -0.2) is 19.7 Å². The molecule has 170 valence electrons. The molecular weight excluding hydrogens is 416 g/mol. The number of aryl methyl sites for hydroxylation is 1. The van der Waals surface area contributed by atoms with Crippen molar-refractivity contribution >= 4 is 28.7 Å². The summed E-state index contributed by atoms with van der Waals surface area (Å²) in [7, 11) is 0. The van der Waals surface area contributed by atoms with Gasteiger partial charge in [0.1, 0.15) is 30.2 Å². The van der Waals surface area contributed by atoms with E-state index in [2.05, 4.69) is 30.9 Å². The number of hydrogen-bond acceptors (Lipinski definition) is 9. The first-order valence-electron chi connectivity index (χ1n) is 10.2. The maximum absolute atomic E-state index is 11.9. The van der Waals surface area contributed by atoms with Crippen LogP contribution >= 0.6 is 0 Å². The molecule has 0 spiro atoms. The second-order valence-electron chi connectivity index (χ2n) is 7.58. The highest BCUT2D eigenvalue weighted by Crippen LogP contribution is 2.31. The third-order valence-corrected chi connectivity index (χ3v) is 5.24. The molecule has 2 amide bonds. The Morgan fingerprint density at radius 3 is 2.72 bits per heavy atom. The van der Waals surface area contributed by atoms with Gasteiger partial charge in [0, 0.05) is 25.3 Å². The van der Waals surface area contributed by atoms with Gasteiger partial charge in [-0.3, -0.25) is 4.57 Å². The summed E-state index contributed by atoms with van der Waals surface area (Å²) in [5.41, 5.74) is 8.43. The summed E-state index contributed by atoms with van der Waals surface area (Å²) in [5.74, 6) is 0.221. The highest BCUT2D eigenvalue weighted by atomic mass is 16.6. The van der Waals surface area contributed by atoms with Crippen molar-refractivity contribution in [2.45, 2.75) is 31.5 Å².